The molecule has 0 aliphatic carbocycles. The molecule has 0 radical (unpaired) electrons. The molecule has 0 aromatic heterocycles. The van der Waals surface area contributed by atoms with Crippen molar-refractivity contribution in [2.45, 2.75) is 25.8 Å². The minimum atomic E-state index is -0.633. The molecule has 1 fully saturated rings. The lowest BCUT2D eigenvalue weighted by atomic mass is 9.79. The highest BCUT2D eigenvalue weighted by molar-refractivity contribution is 6.04. The fraction of sp³-hybridized carbons (Fsp3) is 0.375. The molecule has 1 N–H and O–H groups in total. The van der Waals surface area contributed by atoms with Crippen LogP contribution in [0.3, 0.4) is 0 Å². The lowest BCUT2D eigenvalue weighted by Crippen LogP contribution is -2.49. The van der Waals surface area contributed by atoms with Gasteiger partial charge in [0, 0.05) is 31.7 Å². The summed E-state index contributed by atoms with van der Waals surface area (Å²) in [6.45, 7) is 9.11. The molecule has 2 heterocycles. The van der Waals surface area contributed by atoms with Crippen molar-refractivity contribution in [2.24, 2.45) is 0 Å². The number of nitrogens with one attached hydrogen (secondary N) is 1. The zero-order chi connectivity index (χ0) is 27.9. The Morgan fingerprint density at radius 1 is 0.900 bits per heavy atom. The molecule has 2 amide bonds. The van der Waals surface area contributed by atoms with Crippen molar-refractivity contribution in [3.05, 3.63) is 89.5 Å². The number of nitrogens with zero attached hydrogens (tertiary/aromatic N) is 2. The van der Waals surface area contributed by atoms with Gasteiger partial charge < -0.3 is 24.4 Å². The van der Waals surface area contributed by atoms with Crippen LogP contribution in [-0.4, -0.2) is 74.2 Å². The monoisotopic (exact) mass is 543 g/mol. The second-order valence-corrected chi connectivity index (χ2v) is 9.88. The SMILES string of the molecule is CCOc1ccc(C2C(C(=O)Nc3ccccc3OCC)c3ccccc3C(=O)N2CCN2CCOCC2)cc1. The third-order valence-corrected chi connectivity index (χ3v) is 7.46. The van der Waals surface area contributed by atoms with Gasteiger partial charge in [-0.25, -0.2) is 0 Å². The normalized spacial score (nSPS) is 19.1. The largest absolute Gasteiger partial charge is 0.494 e. The maximum absolute atomic E-state index is 14.2. The van der Waals surface area contributed by atoms with E-state index in [0.717, 1.165) is 30.0 Å². The molecule has 210 valence electrons. The molecule has 1 saturated heterocycles. The molecule has 3 aromatic rings. The number of morpholine rings is 1. The molecule has 0 bridgehead atoms. The van der Waals surface area contributed by atoms with Gasteiger partial charge in [0.2, 0.25) is 5.91 Å². The molecule has 8 heteroatoms. The van der Waals surface area contributed by atoms with E-state index in [2.05, 4.69) is 10.2 Å². The minimum absolute atomic E-state index is 0.0680. The van der Waals surface area contributed by atoms with E-state index in [9.17, 15) is 9.59 Å². The van der Waals surface area contributed by atoms with E-state index in [1.807, 2.05) is 91.5 Å². The van der Waals surface area contributed by atoms with Gasteiger partial charge in [-0.1, -0.05) is 42.5 Å². The van der Waals surface area contributed by atoms with Crippen LogP contribution in [0.2, 0.25) is 0 Å². The van der Waals surface area contributed by atoms with Crippen LogP contribution in [-0.2, 0) is 9.53 Å². The molecule has 2 aliphatic rings. The summed E-state index contributed by atoms with van der Waals surface area (Å²) in [5, 5.41) is 3.12. The van der Waals surface area contributed by atoms with E-state index in [1.54, 1.807) is 0 Å². The van der Waals surface area contributed by atoms with Gasteiger partial charge in [-0.05, 0) is 55.3 Å². The Hall–Kier alpha value is -3.88. The minimum Gasteiger partial charge on any atom is -0.494 e. The molecule has 0 spiro atoms. The van der Waals surface area contributed by atoms with Gasteiger partial charge in [0.15, 0.2) is 0 Å². The number of hydrogen-bond acceptors (Lipinski definition) is 6. The quantitative estimate of drug-likeness (QED) is 0.398. The number of fused-ring (bicyclic) bond motifs is 1. The van der Waals surface area contributed by atoms with E-state index in [1.165, 1.54) is 0 Å². The van der Waals surface area contributed by atoms with Crippen molar-refractivity contribution in [1.29, 1.82) is 0 Å². The van der Waals surface area contributed by atoms with Crippen LogP contribution in [0, 0.1) is 0 Å². The maximum atomic E-state index is 14.2. The first-order valence-electron chi connectivity index (χ1n) is 14.1. The third kappa shape index (κ3) is 5.98. The second-order valence-electron chi connectivity index (χ2n) is 9.88. The molecule has 5 rings (SSSR count). The van der Waals surface area contributed by atoms with Gasteiger partial charge >= 0.3 is 0 Å². The Balaban J connectivity index is 1.55. The van der Waals surface area contributed by atoms with Crippen molar-refractivity contribution in [3.63, 3.8) is 0 Å². The first kappa shape index (κ1) is 27.7. The molecule has 8 nitrogen and oxygen atoms in total. The summed E-state index contributed by atoms with van der Waals surface area (Å²) in [4.78, 5) is 32.4. The Kier molecular flexibility index (Phi) is 8.98. The molecule has 3 aromatic carbocycles. The second kappa shape index (κ2) is 13.0. The Morgan fingerprint density at radius 2 is 1.60 bits per heavy atom. The van der Waals surface area contributed by atoms with E-state index >= 15 is 0 Å². The Morgan fingerprint density at radius 3 is 2.35 bits per heavy atom. The van der Waals surface area contributed by atoms with Crippen LogP contribution < -0.4 is 14.8 Å². The van der Waals surface area contributed by atoms with Crippen molar-refractivity contribution >= 4 is 17.5 Å². The van der Waals surface area contributed by atoms with Gasteiger partial charge in [0.05, 0.1) is 44.1 Å². The number of hydrogen-bond donors (Lipinski definition) is 1. The molecule has 40 heavy (non-hydrogen) atoms. The van der Waals surface area contributed by atoms with Gasteiger partial charge in [-0.3, -0.25) is 14.5 Å². The summed E-state index contributed by atoms with van der Waals surface area (Å²) in [5.41, 5.74) is 2.77. The number of rotatable bonds is 10. The number of carbonyl (C=O) groups is 2. The molecule has 2 aliphatic heterocycles. The Bertz CT molecular complexity index is 1310. The molecular formula is C32H37N3O5. The summed E-state index contributed by atoms with van der Waals surface area (Å²) in [5.74, 6) is 0.468. The first-order valence-corrected chi connectivity index (χ1v) is 14.1. The number of para-hydroxylation sites is 2. The van der Waals surface area contributed by atoms with Crippen molar-refractivity contribution in [1.82, 2.24) is 9.80 Å². The molecule has 2 unspecified atom stereocenters. The van der Waals surface area contributed by atoms with Gasteiger partial charge in [0.1, 0.15) is 11.5 Å². The van der Waals surface area contributed by atoms with E-state index in [4.69, 9.17) is 14.2 Å². The summed E-state index contributed by atoms with van der Waals surface area (Å²) >= 11 is 0. The van der Waals surface area contributed by atoms with E-state index in [0.29, 0.717) is 56.5 Å². The maximum Gasteiger partial charge on any atom is 0.254 e. The van der Waals surface area contributed by atoms with Crippen LogP contribution in [0.25, 0.3) is 0 Å². The first-order chi connectivity index (χ1) is 19.6. The fourth-order valence-corrected chi connectivity index (χ4v) is 5.56. The van der Waals surface area contributed by atoms with Crippen LogP contribution >= 0.6 is 0 Å². The van der Waals surface area contributed by atoms with Gasteiger partial charge in [-0.2, -0.15) is 0 Å². The zero-order valence-electron chi connectivity index (χ0n) is 23.2. The zero-order valence-corrected chi connectivity index (χ0v) is 23.2. The van der Waals surface area contributed by atoms with Crippen LogP contribution in [0.4, 0.5) is 5.69 Å². The average Bonchev–Trinajstić information content (AvgIpc) is 2.99. The highest BCUT2D eigenvalue weighted by atomic mass is 16.5. The third-order valence-electron chi connectivity index (χ3n) is 7.46. The van der Waals surface area contributed by atoms with Crippen LogP contribution in [0.1, 0.15) is 47.3 Å². The highest BCUT2D eigenvalue weighted by Crippen LogP contribution is 2.44. The number of amides is 2. The summed E-state index contributed by atoms with van der Waals surface area (Å²) in [7, 11) is 0. The molecule has 0 saturated carbocycles. The van der Waals surface area contributed by atoms with Crippen LogP contribution in [0.15, 0.2) is 72.8 Å². The van der Waals surface area contributed by atoms with Crippen molar-refractivity contribution in [3.8, 4) is 11.5 Å². The highest BCUT2D eigenvalue weighted by Gasteiger charge is 2.44. The lowest BCUT2D eigenvalue weighted by Gasteiger charge is -2.43. The number of anilines is 1. The molecular weight excluding hydrogens is 506 g/mol. The number of benzene rings is 3. The Labute approximate surface area is 235 Å². The summed E-state index contributed by atoms with van der Waals surface area (Å²) in [6, 6.07) is 22.1. The van der Waals surface area contributed by atoms with Crippen molar-refractivity contribution in [2.75, 3.05) is 57.9 Å². The summed E-state index contributed by atoms with van der Waals surface area (Å²) in [6.07, 6.45) is 0. The number of ether oxygens (including phenoxy) is 3. The predicted molar refractivity (Wildman–Crippen MR) is 154 cm³/mol. The van der Waals surface area contributed by atoms with E-state index < -0.39 is 12.0 Å². The average molecular weight is 544 g/mol. The van der Waals surface area contributed by atoms with Gasteiger partial charge in [0.25, 0.3) is 5.91 Å². The predicted octanol–water partition coefficient (Wildman–Crippen LogP) is 4.74. The van der Waals surface area contributed by atoms with Crippen LogP contribution in [0.5, 0.6) is 11.5 Å². The lowest BCUT2D eigenvalue weighted by molar-refractivity contribution is -0.119. The topological polar surface area (TPSA) is 80.3 Å². The van der Waals surface area contributed by atoms with Crippen molar-refractivity contribution < 1.29 is 23.8 Å². The standard InChI is InChI=1S/C32H37N3O5/c1-3-39-24-15-13-23(14-16-24)30-29(31(36)33-27-11-7-8-12-28(27)40-4-2)25-9-5-6-10-26(25)32(37)35(30)18-17-34-19-21-38-22-20-34/h5-16,29-30H,3-4,17-22H2,1-2H3,(H,33,36). The fourth-order valence-electron chi connectivity index (χ4n) is 5.56. The van der Waals surface area contributed by atoms with Gasteiger partial charge in [-0.15, -0.1) is 0 Å². The molecule has 2 atom stereocenters. The summed E-state index contributed by atoms with van der Waals surface area (Å²) < 4.78 is 17.0. The smallest absolute Gasteiger partial charge is 0.254 e. The number of carbonyl (C=O) groups excluding carboxylic acids is 2. The van der Waals surface area contributed by atoms with E-state index in [-0.39, 0.29) is 11.8 Å².